The summed E-state index contributed by atoms with van der Waals surface area (Å²) in [5.41, 5.74) is 1.15. The first kappa shape index (κ1) is 14.2. The molecule has 0 aliphatic heterocycles. The van der Waals surface area contributed by atoms with Crippen LogP contribution in [-0.4, -0.2) is 12.5 Å². The molecule has 0 amide bonds. The van der Waals surface area contributed by atoms with Crippen LogP contribution in [0.2, 0.25) is 0 Å². The van der Waals surface area contributed by atoms with Crippen LogP contribution in [0.15, 0.2) is 11.8 Å². The minimum atomic E-state index is -0.964. The fourth-order valence-corrected chi connectivity index (χ4v) is 1.40. The number of quaternary nitrogens is 1. The van der Waals surface area contributed by atoms with Gasteiger partial charge < -0.3 is 15.2 Å². The molecule has 2 N–H and O–H groups in total. The van der Waals surface area contributed by atoms with Gasteiger partial charge in [-0.2, -0.15) is 0 Å². The maximum absolute atomic E-state index is 10.3. The van der Waals surface area contributed by atoms with Crippen LogP contribution in [0.5, 0.6) is 0 Å². The number of carbonyl (C=O) groups excluding carboxylic acids is 1. The molecular weight excluding hydrogens is 190 g/mol. The van der Waals surface area contributed by atoms with E-state index >= 15 is 0 Å². The molecule has 0 radical (unpaired) electrons. The zero-order chi connectivity index (χ0) is 11.7. The second-order valence-corrected chi connectivity index (χ2v) is 4.23. The Morgan fingerprint density at radius 1 is 1.40 bits per heavy atom. The van der Waals surface area contributed by atoms with Crippen molar-refractivity contribution < 1.29 is 15.2 Å². The van der Waals surface area contributed by atoms with E-state index in [0.29, 0.717) is 12.3 Å². The quantitative estimate of drug-likeness (QED) is 0.635. The number of carboxylic acids is 1. The summed E-state index contributed by atoms with van der Waals surface area (Å²) in [4.78, 5) is 10.3. The summed E-state index contributed by atoms with van der Waals surface area (Å²) in [5, 5.41) is 12.4. The van der Waals surface area contributed by atoms with Crippen molar-refractivity contribution >= 4 is 5.97 Å². The average Bonchev–Trinajstić information content (AvgIpc) is 2.13. The molecule has 0 saturated heterocycles. The van der Waals surface area contributed by atoms with Gasteiger partial charge in [0.2, 0.25) is 0 Å². The number of nitrogens with two attached hydrogens (primary N) is 1. The van der Waals surface area contributed by atoms with E-state index in [1.165, 1.54) is 0 Å². The van der Waals surface area contributed by atoms with Gasteiger partial charge in [-0.05, 0) is 38.2 Å². The van der Waals surface area contributed by atoms with Crippen molar-refractivity contribution in [3.8, 4) is 0 Å². The summed E-state index contributed by atoms with van der Waals surface area (Å²) in [6.45, 7) is 7.41. The van der Waals surface area contributed by atoms with Crippen LogP contribution in [-0.2, 0) is 4.79 Å². The van der Waals surface area contributed by atoms with Crippen LogP contribution in [0.25, 0.3) is 0 Å². The lowest BCUT2D eigenvalue weighted by Crippen LogP contribution is -2.81. The third-order valence-corrected chi connectivity index (χ3v) is 2.23. The standard InChI is InChI=1S/C12H23NO2/c1-4-13-11(8-9-12(14)15)7-5-6-10(2)3/h7,10,13H,4-6,8-9H2,1-3H3,(H,14,15)/b11-7+. The highest BCUT2D eigenvalue weighted by Crippen LogP contribution is 2.06. The third-order valence-electron chi connectivity index (χ3n) is 2.23. The molecule has 0 aliphatic rings. The lowest BCUT2D eigenvalue weighted by molar-refractivity contribution is -0.605. The largest absolute Gasteiger partial charge is 0.550 e. The van der Waals surface area contributed by atoms with Gasteiger partial charge in [-0.1, -0.05) is 13.8 Å². The van der Waals surface area contributed by atoms with Gasteiger partial charge in [0.05, 0.1) is 6.54 Å². The summed E-state index contributed by atoms with van der Waals surface area (Å²) < 4.78 is 0. The highest BCUT2D eigenvalue weighted by molar-refractivity contribution is 5.64. The monoisotopic (exact) mass is 213 g/mol. The van der Waals surface area contributed by atoms with E-state index in [0.717, 1.165) is 25.1 Å². The second-order valence-electron chi connectivity index (χ2n) is 4.23. The molecule has 0 aromatic rings. The van der Waals surface area contributed by atoms with E-state index in [4.69, 9.17) is 0 Å². The first-order chi connectivity index (χ1) is 7.06. The molecule has 0 fully saturated rings. The molecule has 0 bridgehead atoms. The normalized spacial score (nSPS) is 12.1. The molecule has 0 aromatic carbocycles. The van der Waals surface area contributed by atoms with Crippen LogP contribution < -0.4 is 10.4 Å². The van der Waals surface area contributed by atoms with E-state index in [1.807, 2.05) is 0 Å². The minimum Gasteiger partial charge on any atom is -0.550 e. The predicted octanol–water partition coefficient (Wildman–Crippen LogP) is 0.420. The molecule has 3 heteroatoms. The van der Waals surface area contributed by atoms with E-state index in [9.17, 15) is 9.90 Å². The van der Waals surface area contributed by atoms with E-state index in [-0.39, 0.29) is 6.42 Å². The van der Waals surface area contributed by atoms with Crippen molar-refractivity contribution in [2.75, 3.05) is 6.54 Å². The second kappa shape index (κ2) is 8.48. The fourth-order valence-electron chi connectivity index (χ4n) is 1.40. The molecule has 0 atom stereocenters. The maximum atomic E-state index is 10.3. The molecule has 0 spiro atoms. The topological polar surface area (TPSA) is 56.7 Å². The number of hydrogen-bond donors (Lipinski definition) is 1. The molecular formula is C12H23NO2. The van der Waals surface area contributed by atoms with Gasteiger partial charge in [0, 0.05) is 12.4 Å². The lowest BCUT2D eigenvalue weighted by Gasteiger charge is -2.06. The van der Waals surface area contributed by atoms with E-state index in [1.54, 1.807) is 0 Å². The lowest BCUT2D eigenvalue weighted by atomic mass is 10.1. The Kier molecular flexibility index (Phi) is 8.01. The van der Waals surface area contributed by atoms with Gasteiger partial charge >= 0.3 is 0 Å². The van der Waals surface area contributed by atoms with Crippen LogP contribution in [0.3, 0.4) is 0 Å². The van der Waals surface area contributed by atoms with Gasteiger partial charge in [-0.15, -0.1) is 0 Å². The summed E-state index contributed by atoms with van der Waals surface area (Å²) >= 11 is 0. The molecule has 3 nitrogen and oxygen atoms in total. The zero-order valence-corrected chi connectivity index (χ0v) is 10.1. The van der Waals surface area contributed by atoms with E-state index in [2.05, 4.69) is 32.2 Å². The maximum Gasteiger partial charge on any atom is 0.102 e. The summed E-state index contributed by atoms with van der Waals surface area (Å²) in [7, 11) is 0. The Hall–Kier alpha value is -0.830. The Morgan fingerprint density at radius 3 is 2.53 bits per heavy atom. The molecule has 0 unspecified atom stereocenters. The number of carboxylic acid groups (broad SMARTS) is 1. The molecule has 0 aromatic heterocycles. The van der Waals surface area contributed by atoms with Crippen LogP contribution >= 0.6 is 0 Å². The van der Waals surface area contributed by atoms with Crippen molar-refractivity contribution in [1.29, 1.82) is 0 Å². The molecule has 15 heavy (non-hydrogen) atoms. The number of carbonyl (C=O) groups is 1. The Balaban J connectivity index is 3.94. The molecule has 0 heterocycles. The molecule has 0 aliphatic carbocycles. The third kappa shape index (κ3) is 9.47. The van der Waals surface area contributed by atoms with Crippen molar-refractivity contribution in [3.63, 3.8) is 0 Å². The number of allylic oxidation sites excluding steroid dienone is 2. The highest BCUT2D eigenvalue weighted by atomic mass is 16.4. The van der Waals surface area contributed by atoms with Gasteiger partial charge in [0.25, 0.3) is 0 Å². The SMILES string of the molecule is CC[NH2+]/C(=C/CCC(C)C)CCC(=O)[O-]. The Labute approximate surface area is 92.6 Å². The smallest absolute Gasteiger partial charge is 0.102 e. The van der Waals surface area contributed by atoms with Gasteiger partial charge in [-0.25, -0.2) is 0 Å². The molecule has 0 saturated carbocycles. The predicted molar refractivity (Wildman–Crippen MR) is 58.9 cm³/mol. The van der Waals surface area contributed by atoms with Crippen LogP contribution in [0.4, 0.5) is 0 Å². The van der Waals surface area contributed by atoms with Crippen LogP contribution in [0, 0.1) is 5.92 Å². The number of rotatable bonds is 8. The Bertz CT molecular complexity index is 210. The zero-order valence-electron chi connectivity index (χ0n) is 10.1. The molecule has 88 valence electrons. The van der Waals surface area contributed by atoms with E-state index < -0.39 is 5.97 Å². The average molecular weight is 213 g/mol. The van der Waals surface area contributed by atoms with Crippen LogP contribution in [0.1, 0.15) is 46.5 Å². The van der Waals surface area contributed by atoms with Gasteiger partial charge in [0.1, 0.15) is 5.70 Å². The number of aliphatic carboxylic acids is 1. The van der Waals surface area contributed by atoms with Gasteiger partial charge in [-0.3, -0.25) is 0 Å². The Morgan fingerprint density at radius 2 is 2.07 bits per heavy atom. The first-order valence-corrected chi connectivity index (χ1v) is 5.78. The van der Waals surface area contributed by atoms with Gasteiger partial charge in [0.15, 0.2) is 0 Å². The van der Waals surface area contributed by atoms with Crippen molar-refractivity contribution in [2.45, 2.75) is 46.5 Å². The summed E-state index contributed by atoms with van der Waals surface area (Å²) in [5.74, 6) is -0.264. The summed E-state index contributed by atoms with van der Waals surface area (Å²) in [6.07, 6.45) is 5.09. The fraction of sp³-hybridized carbons (Fsp3) is 0.750. The molecule has 0 rings (SSSR count). The summed E-state index contributed by atoms with van der Waals surface area (Å²) in [6, 6.07) is 0. The van der Waals surface area contributed by atoms with Crippen molar-refractivity contribution in [1.82, 2.24) is 0 Å². The highest BCUT2D eigenvalue weighted by Gasteiger charge is 2.01. The van der Waals surface area contributed by atoms with Crippen molar-refractivity contribution in [2.24, 2.45) is 5.92 Å². The first-order valence-electron chi connectivity index (χ1n) is 5.78. The number of hydrogen-bond acceptors (Lipinski definition) is 2. The minimum absolute atomic E-state index is 0.129. The van der Waals surface area contributed by atoms with Crippen molar-refractivity contribution in [3.05, 3.63) is 11.8 Å².